The van der Waals surface area contributed by atoms with Gasteiger partial charge in [0.05, 0.1) is 12.3 Å². The van der Waals surface area contributed by atoms with E-state index in [2.05, 4.69) is 10.5 Å². The van der Waals surface area contributed by atoms with Crippen molar-refractivity contribution in [3.8, 4) is 11.5 Å². The molecule has 0 unspecified atom stereocenters. The number of phenolic OH excluding ortho intramolecular Hbond substituents is 1. The first-order valence-electron chi connectivity index (χ1n) is 7.88. The fourth-order valence-electron chi connectivity index (χ4n) is 2.12. The lowest BCUT2D eigenvalue weighted by atomic mass is 10.1. The first-order chi connectivity index (χ1) is 11.5. The molecule has 0 atom stereocenters. The van der Waals surface area contributed by atoms with E-state index in [1.807, 2.05) is 26.0 Å². The fraction of sp³-hybridized carbons (Fsp3) is 0.263. The molecule has 1 amide bonds. The normalized spacial score (nSPS) is 11.2. The maximum absolute atomic E-state index is 12.1. The molecule has 5 heteroatoms. The van der Waals surface area contributed by atoms with Gasteiger partial charge in [0.25, 0.3) is 5.91 Å². The molecule has 2 N–H and O–H groups in total. The highest BCUT2D eigenvalue weighted by Gasteiger charge is 2.08. The van der Waals surface area contributed by atoms with Gasteiger partial charge in [0.15, 0.2) is 0 Å². The Labute approximate surface area is 142 Å². The number of nitrogens with zero attached hydrogens (tertiary/aromatic N) is 1. The van der Waals surface area contributed by atoms with Gasteiger partial charge in [-0.25, -0.2) is 5.43 Å². The van der Waals surface area contributed by atoms with Crippen molar-refractivity contribution in [3.05, 3.63) is 59.2 Å². The van der Waals surface area contributed by atoms with Crippen LogP contribution in [0.4, 0.5) is 0 Å². The molecular formula is C19H22N2O3. The van der Waals surface area contributed by atoms with E-state index in [0.717, 1.165) is 17.7 Å². The molecule has 0 fully saturated rings. The molecule has 0 heterocycles. The highest BCUT2D eigenvalue weighted by atomic mass is 16.5. The highest BCUT2D eigenvalue weighted by Crippen LogP contribution is 2.19. The molecule has 2 aromatic carbocycles. The van der Waals surface area contributed by atoms with Crippen molar-refractivity contribution in [1.29, 1.82) is 0 Å². The molecular weight excluding hydrogens is 304 g/mol. The molecule has 0 saturated carbocycles. The van der Waals surface area contributed by atoms with Crippen LogP contribution in [0.1, 0.15) is 41.8 Å². The third-order valence-electron chi connectivity index (χ3n) is 3.46. The zero-order valence-electron chi connectivity index (χ0n) is 14.2. The second-order valence-corrected chi connectivity index (χ2v) is 5.53. The van der Waals surface area contributed by atoms with Gasteiger partial charge < -0.3 is 9.84 Å². The zero-order chi connectivity index (χ0) is 17.5. The topological polar surface area (TPSA) is 70.9 Å². The number of aromatic hydroxyl groups is 1. The molecule has 0 radical (unpaired) electrons. The minimum absolute atomic E-state index is 0.133. The van der Waals surface area contributed by atoms with Crippen LogP contribution in [0, 0.1) is 6.92 Å². The largest absolute Gasteiger partial charge is 0.507 e. The Kier molecular flexibility index (Phi) is 5.95. The second-order valence-electron chi connectivity index (χ2n) is 5.53. The van der Waals surface area contributed by atoms with Crippen molar-refractivity contribution in [1.82, 2.24) is 5.43 Å². The van der Waals surface area contributed by atoms with Gasteiger partial charge in [-0.15, -0.1) is 0 Å². The molecule has 0 bridgehead atoms. The Morgan fingerprint density at radius 2 is 1.92 bits per heavy atom. The molecule has 0 aromatic heterocycles. The van der Waals surface area contributed by atoms with Gasteiger partial charge in [-0.05, 0) is 56.7 Å². The molecule has 2 rings (SSSR count). The van der Waals surface area contributed by atoms with Crippen LogP contribution < -0.4 is 10.2 Å². The van der Waals surface area contributed by atoms with Gasteiger partial charge >= 0.3 is 0 Å². The first kappa shape index (κ1) is 17.5. The summed E-state index contributed by atoms with van der Waals surface area (Å²) in [6, 6.07) is 12.1. The van der Waals surface area contributed by atoms with E-state index in [4.69, 9.17) is 4.74 Å². The lowest BCUT2D eigenvalue weighted by Gasteiger charge is -2.07. The van der Waals surface area contributed by atoms with Gasteiger partial charge in [-0.3, -0.25) is 4.79 Å². The van der Waals surface area contributed by atoms with Crippen LogP contribution in [0.25, 0.3) is 0 Å². The van der Waals surface area contributed by atoms with Crippen LogP contribution in [-0.2, 0) is 0 Å². The minimum atomic E-state index is -0.316. The SMILES string of the molecule is CCCOc1ccc(C(=O)N/N=C(\C)c2cc(C)ccc2O)cc1. The first-order valence-corrected chi connectivity index (χ1v) is 7.88. The second kappa shape index (κ2) is 8.15. The van der Waals surface area contributed by atoms with Gasteiger partial charge in [0.2, 0.25) is 0 Å². The van der Waals surface area contributed by atoms with E-state index in [9.17, 15) is 9.90 Å². The average Bonchev–Trinajstić information content (AvgIpc) is 2.60. The van der Waals surface area contributed by atoms with Gasteiger partial charge in [0.1, 0.15) is 11.5 Å². The predicted molar refractivity (Wildman–Crippen MR) is 94.7 cm³/mol. The summed E-state index contributed by atoms with van der Waals surface area (Å²) < 4.78 is 5.48. The highest BCUT2D eigenvalue weighted by molar-refractivity contribution is 6.02. The molecule has 0 aliphatic heterocycles. The fourth-order valence-corrected chi connectivity index (χ4v) is 2.12. The Balaban J connectivity index is 2.05. The van der Waals surface area contributed by atoms with Crippen molar-refractivity contribution in [2.75, 3.05) is 6.61 Å². The number of ether oxygens (including phenoxy) is 1. The number of aryl methyl sites for hydroxylation is 1. The van der Waals surface area contributed by atoms with E-state index in [0.29, 0.717) is 23.4 Å². The lowest BCUT2D eigenvalue weighted by Crippen LogP contribution is -2.19. The summed E-state index contributed by atoms with van der Waals surface area (Å²) in [7, 11) is 0. The Bertz CT molecular complexity index is 737. The summed E-state index contributed by atoms with van der Waals surface area (Å²) in [5.41, 5.74) is 5.13. The Morgan fingerprint density at radius 1 is 1.21 bits per heavy atom. The van der Waals surface area contributed by atoms with E-state index < -0.39 is 0 Å². The summed E-state index contributed by atoms with van der Waals surface area (Å²) >= 11 is 0. The quantitative estimate of drug-likeness (QED) is 0.629. The molecule has 126 valence electrons. The van der Waals surface area contributed by atoms with Crippen LogP contribution in [0.5, 0.6) is 11.5 Å². The molecule has 24 heavy (non-hydrogen) atoms. The Hall–Kier alpha value is -2.82. The van der Waals surface area contributed by atoms with E-state index in [1.54, 1.807) is 37.3 Å². The molecule has 0 saturated heterocycles. The lowest BCUT2D eigenvalue weighted by molar-refractivity contribution is 0.0955. The predicted octanol–water partition coefficient (Wildman–Crippen LogP) is 3.64. The molecule has 2 aromatic rings. The van der Waals surface area contributed by atoms with Crippen LogP contribution in [-0.4, -0.2) is 23.3 Å². The number of phenols is 1. The van der Waals surface area contributed by atoms with Crippen molar-refractivity contribution >= 4 is 11.6 Å². The monoisotopic (exact) mass is 326 g/mol. The summed E-state index contributed by atoms with van der Waals surface area (Å²) in [6.45, 7) is 6.34. The average molecular weight is 326 g/mol. The third kappa shape index (κ3) is 4.59. The number of amides is 1. The van der Waals surface area contributed by atoms with Gasteiger partial charge in [-0.2, -0.15) is 5.10 Å². The third-order valence-corrected chi connectivity index (χ3v) is 3.46. The van der Waals surface area contributed by atoms with Crippen LogP contribution in [0.15, 0.2) is 47.6 Å². The zero-order valence-corrected chi connectivity index (χ0v) is 14.2. The van der Waals surface area contributed by atoms with Gasteiger partial charge in [-0.1, -0.05) is 18.6 Å². The van der Waals surface area contributed by atoms with Crippen molar-refractivity contribution in [2.45, 2.75) is 27.2 Å². The van der Waals surface area contributed by atoms with E-state index in [1.165, 1.54) is 0 Å². The van der Waals surface area contributed by atoms with Crippen LogP contribution >= 0.6 is 0 Å². The van der Waals surface area contributed by atoms with Crippen molar-refractivity contribution in [2.24, 2.45) is 5.10 Å². The molecule has 0 aliphatic carbocycles. The van der Waals surface area contributed by atoms with Crippen LogP contribution in [0.3, 0.4) is 0 Å². The smallest absolute Gasteiger partial charge is 0.271 e. The standard InChI is InChI=1S/C19H22N2O3/c1-4-11-24-16-8-6-15(7-9-16)19(23)21-20-14(3)17-12-13(2)5-10-18(17)22/h5-10,12,22H,4,11H2,1-3H3,(H,21,23)/b20-14+. The van der Waals surface area contributed by atoms with Crippen molar-refractivity contribution < 1.29 is 14.6 Å². The van der Waals surface area contributed by atoms with E-state index in [-0.39, 0.29) is 11.7 Å². The minimum Gasteiger partial charge on any atom is -0.507 e. The summed E-state index contributed by atoms with van der Waals surface area (Å²) in [5.74, 6) is 0.551. The van der Waals surface area contributed by atoms with E-state index >= 15 is 0 Å². The Morgan fingerprint density at radius 3 is 2.58 bits per heavy atom. The number of benzene rings is 2. The molecule has 0 aliphatic rings. The van der Waals surface area contributed by atoms with Gasteiger partial charge in [0, 0.05) is 11.1 Å². The number of nitrogens with one attached hydrogen (secondary N) is 1. The van der Waals surface area contributed by atoms with Crippen LogP contribution in [0.2, 0.25) is 0 Å². The maximum Gasteiger partial charge on any atom is 0.271 e. The summed E-state index contributed by atoms with van der Waals surface area (Å²) in [4.78, 5) is 12.1. The summed E-state index contributed by atoms with van der Waals surface area (Å²) in [6.07, 6.45) is 0.933. The number of rotatable bonds is 6. The number of hydrogen-bond donors (Lipinski definition) is 2. The number of hydrazone groups is 1. The number of hydrogen-bond acceptors (Lipinski definition) is 4. The summed E-state index contributed by atoms with van der Waals surface area (Å²) in [5, 5.41) is 14.0. The number of carbonyl (C=O) groups is 1. The van der Waals surface area contributed by atoms with Crippen molar-refractivity contribution in [3.63, 3.8) is 0 Å². The molecule has 0 spiro atoms. The molecule has 5 nitrogen and oxygen atoms in total. The maximum atomic E-state index is 12.1. The number of carbonyl (C=O) groups excluding carboxylic acids is 1.